The fourth-order valence-electron chi connectivity index (χ4n) is 1.92. The highest BCUT2D eigenvalue weighted by Gasteiger charge is 2.13. The van der Waals surface area contributed by atoms with Gasteiger partial charge in [-0.05, 0) is 41.4 Å². The molecule has 0 amide bonds. The molecular formula is C14H21BrN2O2. The van der Waals surface area contributed by atoms with Gasteiger partial charge in [-0.15, -0.1) is 0 Å². The molecule has 1 unspecified atom stereocenters. The van der Waals surface area contributed by atoms with Crippen molar-refractivity contribution in [3.63, 3.8) is 0 Å². The van der Waals surface area contributed by atoms with Gasteiger partial charge in [0.2, 0.25) is 0 Å². The van der Waals surface area contributed by atoms with E-state index in [4.69, 9.17) is 10.8 Å². The summed E-state index contributed by atoms with van der Waals surface area (Å²) < 4.78 is 0.789. The quantitative estimate of drug-likeness (QED) is 0.520. The van der Waals surface area contributed by atoms with Crippen LogP contribution in [-0.2, 0) is 0 Å². The molecule has 0 spiro atoms. The minimum Gasteiger partial charge on any atom is -0.478 e. The highest BCUT2D eigenvalue weighted by Crippen LogP contribution is 2.29. The minimum atomic E-state index is -1.01. The molecule has 0 heterocycles. The van der Waals surface area contributed by atoms with Gasteiger partial charge in [-0.1, -0.05) is 26.2 Å². The first-order valence-electron chi connectivity index (χ1n) is 6.54. The molecule has 0 fully saturated rings. The molecule has 0 aliphatic rings. The van der Waals surface area contributed by atoms with Gasteiger partial charge in [-0.2, -0.15) is 0 Å². The van der Waals surface area contributed by atoms with E-state index in [0.717, 1.165) is 16.6 Å². The highest BCUT2D eigenvalue weighted by atomic mass is 79.9. The molecular weight excluding hydrogens is 308 g/mol. The predicted octanol–water partition coefficient (Wildman–Crippen LogP) is 4.11. The van der Waals surface area contributed by atoms with Crippen LogP contribution in [0.5, 0.6) is 0 Å². The first-order valence-corrected chi connectivity index (χ1v) is 7.33. The van der Waals surface area contributed by atoms with Crippen LogP contribution in [0.1, 0.15) is 49.9 Å². The van der Waals surface area contributed by atoms with E-state index >= 15 is 0 Å². The summed E-state index contributed by atoms with van der Waals surface area (Å²) in [6.45, 7) is 4.27. The second kappa shape index (κ2) is 7.38. The van der Waals surface area contributed by atoms with Crippen molar-refractivity contribution in [3.8, 4) is 0 Å². The Balaban J connectivity index is 2.77. The number of carbonyl (C=O) groups is 1. The third-order valence-corrected chi connectivity index (χ3v) is 3.67. The molecule has 0 bridgehead atoms. The van der Waals surface area contributed by atoms with Crippen LogP contribution in [0.4, 0.5) is 11.4 Å². The SMILES string of the molecule is CCCCCC(C)Nc1cc(C(=O)O)c(N)cc1Br. The summed E-state index contributed by atoms with van der Waals surface area (Å²) in [6.07, 6.45) is 4.65. The summed E-state index contributed by atoms with van der Waals surface area (Å²) in [4.78, 5) is 11.1. The van der Waals surface area contributed by atoms with Gasteiger partial charge in [0.15, 0.2) is 0 Å². The van der Waals surface area contributed by atoms with Gasteiger partial charge in [0.05, 0.1) is 5.56 Å². The molecule has 5 heteroatoms. The van der Waals surface area contributed by atoms with Crippen molar-refractivity contribution in [1.29, 1.82) is 0 Å². The number of aromatic carboxylic acids is 1. The summed E-state index contributed by atoms with van der Waals surface area (Å²) in [5.74, 6) is -1.01. The predicted molar refractivity (Wildman–Crippen MR) is 82.7 cm³/mol. The third kappa shape index (κ3) is 4.74. The Morgan fingerprint density at radius 1 is 1.47 bits per heavy atom. The van der Waals surface area contributed by atoms with E-state index in [1.807, 2.05) is 0 Å². The second-order valence-electron chi connectivity index (χ2n) is 4.77. The molecule has 0 aliphatic heterocycles. The molecule has 1 rings (SSSR count). The summed E-state index contributed by atoms with van der Waals surface area (Å²) in [6, 6.07) is 3.51. The maximum Gasteiger partial charge on any atom is 0.337 e. The third-order valence-electron chi connectivity index (χ3n) is 3.01. The average molecular weight is 329 g/mol. The molecule has 0 saturated carbocycles. The maximum absolute atomic E-state index is 11.1. The number of carboxylic acid groups (broad SMARTS) is 1. The zero-order valence-corrected chi connectivity index (χ0v) is 13.0. The lowest BCUT2D eigenvalue weighted by molar-refractivity contribution is 0.0698. The molecule has 1 aromatic carbocycles. The van der Waals surface area contributed by atoms with Crippen molar-refractivity contribution in [2.75, 3.05) is 11.1 Å². The van der Waals surface area contributed by atoms with Crippen LogP contribution < -0.4 is 11.1 Å². The monoisotopic (exact) mass is 328 g/mol. The minimum absolute atomic E-state index is 0.131. The fraction of sp³-hybridized carbons (Fsp3) is 0.500. The van der Waals surface area contributed by atoms with E-state index in [-0.39, 0.29) is 11.3 Å². The number of hydrogen-bond donors (Lipinski definition) is 3. The van der Waals surface area contributed by atoms with Crippen LogP contribution in [-0.4, -0.2) is 17.1 Å². The molecule has 1 aromatic rings. The zero-order valence-electron chi connectivity index (χ0n) is 11.4. The lowest BCUT2D eigenvalue weighted by Gasteiger charge is -2.17. The lowest BCUT2D eigenvalue weighted by Crippen LogP contribution is -2.16. The summed E-state index contributed by atoms with van der Waals surface area (Å²) in [5, 5.41) is 12.4. The van der Waals surface area contributed by atoms with Crippen molar-refractivity contribution < 1.29 is 9.90 Å². The zero-order chi connectivity index (χ0) is 14.4. The van der Waals surface area contributed by atoms with E-state index in [0.29, 0.717) is 6.04 Å². The number of unbranched alkanes of at least 4 members (excludes halogenated alkanes) is 2. The van der Waals surface area contributed by atoms with E-state index in [1.54, 1.807) is 12.1 Å². The van der Waals surface area contributed by atoms with Crippen molar-refractivity contribution in [2.24, 2.45) is 0 Å². The van der Waals surface area contributed by atoms with Crippen molar-refractivity contribution in [2.45, 2.75) is 45.6 Å². The molecule has 0 radical (unpaired) electrons. The number of anilines is 2. The number of halogens is 1. The van der Waals surface area contributed by atoms with Gasteiger partial charge in [0.1, 0.15) is 0 Å². The molecule has 4 N–H and O–H groups in total. The van der Waals surface area contributed by atoms with Gasteiger partial charge >= 0.3 is 5.97 Å². The molecule has 106 valence electrons. The lowest BCUT2D eigenvalue weighted by atomic mass is 10.1. The first-order chi connectivity index (χ1) is 8.95. The van der Waals surface area contributed by atoms with Crippen LogP contribution >= 0.6 is 15.9 Å². The van der Waals surface area contributed by atoms with Gasteiger partial charge in [0, 0.05) is 21.9 Å². The van der Waals surface area contributed by atoms with E-state index in [1.165, 1.54) is 19.3 Å². The Bertz CT molecular complexity index is 449. The van der Waals surface area contributed by atoms with Crippen LogP contribution in [0.15, 0.2) is 16.6 Å². The standard InChI is InChI=1S/C14H21BrN2O2/c1-3-4-5-6-9(2)17-13-7-10(14(18)19)12(16)8-11(13)15/h7-9,17H,3-6,16H2,1-2H3,(H,18,19). The Morgan fingerprint density at radius 3 is 2.74 bits per heavy atom. The van der Waals surface area contributed by atoms with Crippen LogP contribution in [0.3, 0.4) is 0 Å². The number of nitrogens with one attached hydrogen (secondary N) is 1. The van der Waals surface area contributed by atoms with Crippen LogP contribution in [0.25, 0.3) is 0 Å². The number of nitrogen functional groups attached to an aromatic ring is 1. The highest BCUT2D eigenvalue weighted by molar-refractivity contribution is 9.10. The van der Waals surface area contributed by atoms with Gasteiger partial charge < -0.3 is 16.2 Å². The molecule has 0 aliphatic carbocycles. The molecule has 0 saturated heterocycles. The smallest absolute Gasteiger partial charge is 0.337 e. The largest absolute Gasteiger partial charge is 0.478 e. The molecule has 4 nitrogen and oxygen atoms in total. The number of rotatable bonds is 7. The van der Waals surface area contributed by atoms with E-state index in [9.17, 15) is 4.79 Å². The summed E-state index contributed by atoms with van der Waals surface area (Å²) in [5.41, 5.74) is 6.85. The summed E-state index contributed by atoms with van der Waals surface area (Å²) >= 11 is 3.41. The van der Waals surface area contributed by atoms with E-state index < -0.39 is 5.97 Å². The van der Waals surface area contributed by atoms with Crippen molar-refractivity contribution in [3.05, 3.63) is 22.2 Å². The second-order valence-corrected chi connectivity index (χ2v) is 5.62. The number of nitrogens with two attached hydrogens (primary N) is 1. The maximum atomic E-state index is 11.1. The van der Waals surface area contributed by atoms with Crippen molar-refractivity contribution in [1.82, 2.24) is 0 Å². The normalized spacial score (nSPS) is 12.2. The first kappa shape index (κ1) is 15.8. The van der Waals surface area contributed by atoms with Gasteiger partial charge in [-0.25, -0.2) is 4.79 Å². The number of hydrogen-bond acceptors (Lipinski definition) is 3. The molecule has 19 heavy (non-hydrogen) atoms. The fourth-order valence-corrected chi connectivity index (χ4v) is 2.40. The van der Waals surface area contributed by atoms with Crippen LogP contribution in [0.2, 0.25) is 0 Å². The molecule has 1 atom stereocenters. The summed E-state index contributed by atoms with van der Waals surface area (Å²) in [7, 11) is 0. The van der Waals surface area contributed by atoms with Gasteiger partial charge in [-0.3, -0.25) is 0 Å². The topological polar surface area (TPSA) is 75.3 Å². The Kier molecular flexibility index (Phi) is 6.15. The Hall–Kier alpha value is -1.23. The number of carboxylic acids is 1. The van der Waals surface area contributed by atoms with Crippen molar-refractivity contribution >= 4 is 33.3 Å². The van der Waals surface area contributed by atoms with Crippen LogP contribution in [0, 0.1) is 0 Å². The Labute approximate surface area is 122 Å². The molecule has 0 aromatic heterocycles. The average Bonchev–Trinajstić information content (AvgIpc) is 2.32. The Morgan fingerprint density at radius 2 is 2.16 bits per heavy atom. The van der Waals surface area contributed by atoms with E-state index in [2.05, 4.69) is 35.1 Å². The van der Waals surface area contributed by atoms with Gasteiger partial charge in [0.25, 0.3) is 0 Å². The number of benzene rings is 1.